The largest absolute Gasteiger partial charge is 0.382 e. The molecule has 1 saturated heterocycles. The Bertz CT molecular complexity index is 121. The highest BCUT2D eigenvalue weighted by Gasteiger charge is 2.24. The second-order valence-electron chi connectivity index (χ2n) is 3.98. The van der Waals surface area contributed by atoms with Crippen LogP contribution < -0.4 is 0 Å². The maximum atomic E-state index is 5.57. The Kier molecular flexibility index (Phi) is 4.02. The van der Waals surface area contributed by atoms with Gasteiger partial charge >= 0.3 is 0 Å². The first-order chi connectivity index (χ1) is 5.74. The summed E-state index contributed by atoms with van der Waals surface area (Å²) in [7, 11) is 1.74. The minimum atomic E-state index is 0.344. The molecule has 1 aliphatic rings. The third kappa shape index (κ3) is 2.76. The SMILES string of the molecule is COC[C@@H]1C[C@H](C(C)C)CCO1. The Morgan fingerprint density at radius 1 is 1.50 bits per heavy atom. The molecule has 1 rings (SSSR count). The molecule has 0 radical (unpaired) electrons. The van der Waals surface area contributed by atoms with Crippen LogP contribution in [-0.4, -0.2) is 26.4 Å². The number of ether oxygens (including phenoxy) is 2. The number of methoxy groups -OCH3 is 1. The summed E-state index contributed by atoms with van der Waals surface area (Å²) in [5.74, 6) is 1.62. The van der Waals surface area contributed by atoms with Crippen molar-refractivity contribution in [2.24, 2.45) is 11.8 Å². The van der Waals surface area contributed by atoms with E-state index in [9.17, 15) is 0 Å². The molecule has 1 heterocycles. The average molecular weight is 172 g/mol. The summed E-state index contributed by atoms with van der Waals surface area (Å²) < 4.78 is 10.7. The standard InChI is InChI=1S/C10H20O2/c1-8(2)9-4-5-12-10(6-9)7-11-3/h8-10H,4-7H2,1-3H3/t9-,10+/m1/s1. The lowest BCUT2D eigenvalue weighted by Crippen LogP contribution is -2.31. The van der Waals surface area contributed by atoms with E-state index in [2.05, 4.69) is 13.8 Å². The molecule has 0 N–H and O–H groups in total. The van der Waals surface area contributed by atoms with Crippen molar-refractivity contribution in [2.45, 2.75) is 32.8 Å². The second kappa shape index (κ2) is 4.83. The van der Waals surface area contributed by atoms with Gasteiger partial charge in [-0.3, -0.25) is 0 Å². The smallest absolute Gasteiger partial charge is 0.0811 e. The molecule has 0 aromatic heterocycles. The zero-order chi connectivity index (χ0) is 8.97. The maximum Gasteiger partial charge on any atom is 0.0811 e. The lowest BCUT2D eigenvalue weighted by Gasteiger charge is -2.31. The van der Waals surface area contributed by atoms with E-state index in [1.165, 1.54) is 12.8 Å². The molecule has 2 nitrogen and oxygen atoms in total. The number of hydrogen-bond acceptors (Lipinski definition) is 2. The van der Waals surface area contributed by atoms with Crippen molar-refractivity contribution in [3.63, 3.8) is 0 Å². The predicted molar refractivity (Wildman–Crippen MR) is 49.2 cm³/mol. The fourth-order valence-electron chi connectivity index (χ4n) is 1.82. The van der Waals surface area contributed by atoms with Crippen LogP contribution in [0.3, 0.4) is 0 Å². The quantitative estimate of drug-likeness (QED) is 0.649. The fraction of sp³-hybridized carbons (Fsp3) is 1.00. The van der Waals surface area contributed by atoms with Gasteiger partial charge in [0.1, 0.15) is 0 Å². The Morgan fingerprint density at radius 2 is 2.25 bits per heavy atom. The van der Waals surface area contributed by atoms with E-state index in [1.807, 2.05) is 0 Å². The van der Waals surface area contributed by atoms with Crippen LogP contribution in [0, 0.1) is 11.8 Å². The van der Waals surface area contributed by atoms with Gasteiger partial charge in [-0.25, -0.2) is 0 Å². The van der Waals surface area contributed by atoms with Crippen LogP contribution in [0.25, 0.3) is 0 Å². The lowest BCUT2D eigenvalue weighted by atomic mass is 9.86. The van der Waals surface area contributed by atoms with Crippen LogP contribution >= 0.6 is 0 Å². The second-order valence-corrected chi connectivity index (χ2v) is 3.98. The molecule has 0 aromatic rings. The minimum Gasteiger partial charge on any atom is -0.382 e. The topological polar surface area (TPSA) is 18.5 Å². The molecule has 2 heteroatoms. The van der Waals surface area contributed by atoms with E-state index < -0.39 is 0 Å². The van der Waals surface area contributed by atoms with Crippen molar-refractivity contribution in [3.8, 4) is 0 Å². The number of rotatable bonds is 3. The van der Waals surface area contributed by atoms with E-state index in [0.717, 1.165) is 25.0 Å². The first kappa shape index (κ1) is 10.0. The van der Waals surface area contributed by atoms with Gasteiger partial charge in [0.2, 0.25) is 0 Å². The summed E-state index contributed by atoms with van der Waals surface area (Å²) in [4.78, 5) is 0. The predicted octanol–water partition coefficient (Wildman–Crippen LogP) is 2.08. The zero-order valence-corrected chi connectivity index (χ0v) is 8.38. The maximum absolute atomic E-state index is 5.57. The third-order valence-corrected chi connectivity index (χ3v) is 2.70. The summed E-state index contributed by atoms with van der Waals surface area (Å²) >= 11 is 0. The number of hydrogen-bond donors (Lipinski definition) is 0. The molecular weight excluding hydrogens is 152 g/mol. The first-order valence-corrected chi connectivity index (χ1v) is 4.84. The summed E-state index contributed by atoms with van der Waals surface area (Å²) in [5.41, 5.74) is 0. The molecule has 0 saturated carbocycles. The molecule has 2 atom stereocenters. The van der Waals surface area contributed by atoms with Crippen molar-refractivity contribution >= 4 is 0 Å². The van der Waals surface area contributed by atoms with Crippen LogP contribution in [-0.2, 0) is 9.47 Å². The Morgan fingerprint density at radius 3 is 2.83 bits per heavy atom. The molecule has 0 amide bonds. The van der Waals surface area contributed by atoms with Gasteiger partial charge in [-0.1, -0.05) is 13.8 Å². The van der Waals surface area contributed by atoms with Gasteiger partial charge in [0.15, 0.2) is 0 Å². The highest BCUT2D eigenvalue weighted by molar-refractivity contribution is 4.73. The fourth-order valence-corrected chi connectivity index (χ4v) is 1.82. The van der Waals surface area contributed by atoms with Crippen molar-refractivity contribution in [1.29, 1.82) is 0 Å². The third-order valence-electron chi connectivity index (χ3n) is 2.70. The average Bonchev–Trinajstić information content (AvgIpc) is 2.05. The van der Waals surface area contributed by atoms with Crippen LogP contribution in [0.15, 0.2) is 0 Å². The van der Waals surface area contributed by atoms with Crippen LogP contribution in [0.4, 0.5) is 0 Å². The van der Waals surface area contributed by atoms with Crippen molar-refractivity contribution in [2.75, 3.05) is 20.3 Å². The van der Waals surface area contributed by atoms with Gasteiger partial charge in [0, 0.05) is 13.7 Å². The molecule has 0 unspecified atom stereocenters. The molecular formula is C10H20O2. The Labute approximate surface area is 75.2 Å². The van der Waals surface area contributed by atoms with Gasteiger partial charge in [0.05, 0.1) is 12.7 Å². The monoisotopic (exact) mass is 172 g/mol. The summed E-state index contributed by atoms with van der Waals surface area (Å²) in [6.07, 6.45) is 2.74. The van der Waals surface area contributed by atoms with Crippen molar-refractivity contribution < 1.29 is 9.47 Å². The van der Waals surface area contributed by atoms with E-state index in [0.29, 0.717) is 6.10 Å². The normalized spacial score (nSPS) is 31.0. The molecule has 12 heavy (non-hydrogen) atoms. The van der Waals surface area contributed by atoms with E-state index in [1.54, 1.807) is 7.11 Å². The highest BCUT2D eigenvalue weighted by atomic mass is 16.5. The van der Waals surface area contributed by atoms with Gasteiger partial charge in [-0.2, -0.15) is 0 Å². The Hall–Kier alpha value is -0.0800. The first-order valence-electron chi connectivity index (χ1n) is 4.84. The molecule has 1 fully saturated rings. The molecule has 72 valence electrons. The van der Waals surface area contributed by atoms with E-state index >= 15 is 0 Å². The van der Waals surface area contributed by atoms with Crippen LogP contribution in [0.2, 0.25) is 0 Å². The molecule has 0 spiro atoms. The molecule has 0 aromatic carbocycles. The molecule has 0 bridgehead atoms. The highest BCUT2D eigenvalue weighted by Crippen LogP contribution is 2.26. The van der Waals surface area contributed by atoms with Crippen molar-refractivity contribution in [1.82, 2.24) is 0 Å². The van der Waals surface area contributed by atoms with Gasteiger partial charge in [-0.05, 0) is 24.7 Å². The minimum absolute atomic E-state index is 0.344. The van der Waals surface area contributed by atoms with E-state index in [-0.39, 0.29) is 0 Å². The zero-order valence-electron chi connectivity index (χ0n) is 8.38. The van der Waals surface area contributed by atoms with Crippen LogP contribution in [0.5, 0.6) is 0 Å². The van der Waals surface area contributed by atoms with Gasteiger partial charge in [0.25, 0.3) is 0 Å². The summed E-state index contributed by atoms with van der Waals surface area (Å²) in [5, 5.41) is 0. The van der Waals surface area contributed by atoms with Crippen LogP contribution in [0.1, 0.15) is 26.7 Å². The van der Waals surface area contributed by atoms with Gasteiger partial charge in [-0.15, -0.1) is 0 Å². The summed E-state index contributed by atoms with van der Waals surface area (Å²) in [6.45, 7) is 6.25. The molecule has 1 aliphatic heterocycles. The molecule has 0 aliphatic carbocycles. The van der Waals surface area contributed by atoms with E-state index in [4.69, 9.17) is 9.47 Å². The lowest BCUT2D eigenvalue weighted by molar-refractivity contribution is -0.0545. The Balaban J connectivity index is 2.30. The van der Waals surface area contributed by atoms with Gasteiger partial charge < -0.3 is 9.47 Å². The summed E-state index contributed by atoms with van der Waals surface area (Å²) in [6, 6.07) is 0. The van der Waals surface area contributed by atoms with Crippen molar-refractivity contribution in [3.05, 3.63) is 0 Å².